The van der Waals surface area contributed by atoms with Crippen molar-refractivity contribution in [3.05, 3.63) is 45.7 Å². The second kappa shape index (κ2) is 6.44. The fourth-order valence-corrected chi connectivity index (χ4v) is 1.41. The van der Waals surface area contributed by atoms with Gasteiger partial charge in [0.15, 0.2) is 0 Å². The highest BCUT2D eigenvalue weighted by Gasteiger charge is 2.08. The predicted molar refractivity (Wildman–Crippen MR) is 68.1 cm³/mol. The first-order chi connectivity index (χ1) is 8.88. The van der Waals surface area contributed by atoms with E-state index in [1.165, 1.54) is 38.1 Å². The summed E-state index contributed by atoms with van der Waals surface area (Å²) in [6.45, 7) is 2.83. The van der Waals surface area contributed by atoms with Crippen molar-refractivity contribution >= 4 is 23.5 Å². The van der Waals surface area contributed by atoms with Gasteiger partial charge in [-0.1, -0.05) is 12.1 Å². The van der Waals surface area contributed by atoms with E-state index in [1.807, 2.05) is 0 Å². The molecule has 1 aromatic rings. The number of hydrogen-bond donors (Lipinski definition) is 0. The lowest BCUT2D eigenvalue weighted by Crippen LogP contribution is -2.07. The SMILES string of the molecule is CC(=O)CC(=O)OC(C)=Cc1cccc([N+](=O)[O-])c1. The minimum Gasteiger partial charge on any atom is -0.431 e. The minimum absolute atomic E-state index is 0.0448. The molecule has 0 fully saturated rings. The van der Waals surface area contributed by atoms with Crippen LogP contribution in [-0.2, 0) is 14.3 Å². The molecule has 0 atom stereocenters. The summed E-state index contributed by atoms with van der Waals surface area (Å²) in [5.41, 5.74) is 0.499. The number of allylic oxidation sites excluding steroid dienone is 1. The average molecular weight is 263 g/mol. The zero-order chi connectivity index (χ0) is 14.4. The van der Waals surface area contributed by atoms with E-state index in [0.717, 1.165) is 0 Å². The van der Waals surface area contributed by atoms with Crippen molar-refractivity contribution in [1.82, 2.24) is 0 Å². The number of non-ortho nitro benzene ring substituents is 1. The maximum Gasteiger partial charge on any atom is 0.318 e. The molecule has 0 heterocycles. The lowest BCUT2D eigenvalue weighted by atomic mass is 10.2. The first-order valence-corrected chi connectivity index (χ1v) is 5.51. The molecule has 0 radical (unpaired) electrons. The van der Waals surface area contributed by atoms with Crippen LogP contribution in [-0.4, -0.2) is 16.7 Å². The molecular formula is C13H13NO5. The molecule has 1 aromatic carbocycles. The van der Waals surface area contributed by atoms with Gasteiger partial charge in [0, 0.05) is 12.1 Å². The van der Waals surface area contributed by atoms with Crippen LogP contribution >= 0.6 is 0 Å². The standard InChI is InChI=1S/C13H13NO5/c1-9(15)6-13(16)19-10(2)7-11-4-3-5-12(8-11)14(17)18/h3-5,7-8H,6H2,1-2H3. The number of carbonyl (C=O) groups is 2. The second-order valence-electron chi connectivity index (χ2n) is 3.96. The third kappa shape index (κ3) is 5.12. The Morgan fingerprint density at radius 2 is 2.05 bits per heavy atom. The van der Waals surface area contributed by atoms with Gasteiger partial charge >= 0.3 is 5.97 Å². The van der Waals surface area contributed by atoms with E-state index in [2.05, 4.69) is 0 Å². The lowest BCUT2D eigenvalue weighted by Gasteiger charge is -2.03. The average Bonchev–Trinajstić information content (AvgIpc) is 2.27. The van der Waals surface area contributed by atoms with Crippen LogP contribution < -0.4 is 0 Å². The summed E-state index contributed by atoms with van der Waals surface area (Å²) in [7, 11) is 0. The van der Waals surface area contributed by atoms with E-state index < -0.39 is 10.9 Å². The third-order valence-corrected chi connectivity index (χ3v) is 2.12. The van der Waals surface area contributed by atoms with Gasteiger partial charge in [0.1, 0.15) is 18.0 Å². The Bertz CT molecular complexity index is 548. The largest absolute Gasteiger partial charge is 0.431 e. The highest BCUT2D eigenvalue weighted by Crippen LogP contribution is 2.16. The normalized spacial score (nSPS) is 10.9. The van der Waals surface area contributed by atoms with E-state index in [1.54, 1.807) is 6.07 Å². The zero-order valence-corrected chi connectivity index (χ0v) is 10.6. The Kier molecular flexibility index (Phi) is 4.93. The van der Waals surface area contributed by atoms with E-state index in [-0.39, 0.29) is 23.7 Å². The van der Waals surface area contributed by atoms with Crippen LogP contribution in [0.25, 0.3) is 6.08 Å². The van der Waals surface area contributed by atoms with Gasteiger partial charge in [0.2, 0.25) is 0 Å². The molecular weight excluding hydrogens is 250 g/mol. The summed E-state index contributed by atoms with van der Waals surface area (Å²) >= 11 is 0. The van der Waals surface area contributed by atoms with Crippen LogP contribution in [0.3, 0.4) is 0 Å². The van der Waals surface area contributed by atoms with Crippen molar-refractivity contribution in [3.8, 4) is 0 Å². The van der Waals surface area contributed by atoms with E-state index in [9.17, 15) is 19.7 Å². The molecule has 0 unspecified atom stereocenters. The summed E-state index contributed by atoms with van der Waals surface area (Å²) in [6, 6.07) is 5.92. The maximum absolute atomic E-state index is 11.2. The molecule has 1 rings (SSSR count). The number of ether oxygens (including phenoxy) is 1. The minimum atomic E-state index is -0.647. The molecule has 0 saturated heterocycles. The Morgan fingerprint density at radius 1 is 1.37 bits per heavy atom. The molecule has 0 amide bonds. The van der Waals surface area contributed by atoms with Crippen molar-refractivity contribution in [3.63, 3.8) is 0 Å². The quantitative estimate of drug-likeness (QED) is 0.268. The third-order valence-electron chi connectivity index (χ3n) is 2.12. The van der Waals surface area contributed by atoms with Crippen LogP contribution in [0.2, 0.25) is 0 Å². The van der Waals surface area contributed by atoms with Gasteiger partial charge in [-0.3, -0.25) is 19.7 Å². The Balaban J connectivity index is 2.78. The number of esters is 1. The van der Waals surface area contributed by atoms with Crippen LogP contribution in [0.15, 0.2) is 30.0 Å². The molecule has 19 heavy (non-hydrogen) atoms. The first-order valence-electron chi connectivity index (χ1n) is 5.51. The molecule has 0 spiro atoms. The van der Waals surface area contributed by atoms with Gasteiger partial charge in [0.05, 0.1) is 4.92 Å². The molecule has 0 N–H and O–H groups in total. The maximum atomic E-state index is 11.2. The fourth-order valence-electron chi connectivity index (χ4n) is 1.41. The number of nitro benzene ring substituents is 1. The summed E-state index contributed by atoms with van der Waals surface area (Å²) in [5, 5.41) is 10.6. The van der Waals surface area contributed by atoms with Gasteiger partial charge in [-0.05, 0) is 25.5 Å². The van der Waals surface area contributed by atoms with Crippen molar-refractivity contribution in [2.24, 2.45) is 0 Å². The van der Waals surface area contributed by atoms with Gasteiger partial charge < -0.3 is 4.74 Å². The summed E-state index contributed by atoms with van der Waals surface area (Å²) in [6.07, 6.45) is 1.20. The summed E-state index contributed by atoms with van der Waals surface area (Å²) < 4.78 is 4.90. The monoisotopic (exact) mass is 263 g/mol. The van der Waals surface area contributed by atoms with Crippen LogP contribution in [0.5, 0.6) is 0 Å². The number of nitrogens with zero attached hydrogens (tertiary/aromatic N) is 1. The number of benzene rings is 1. The summed E-state index contributed by atoms with van der Waals surface area (Å²) in [5.74, 6) is -0.661. The van der Waals surface area contributed by atoms with E-state index in [0.29, 0.717) is 5.56 Å². The number of rotatable bonds is 5. The van der Waals surface area contributed by atoms with Crippen molar-refractivity contribution in [2.45, 2.75) is 20.3 Å². The molecule has 6 heteroatoms. The van der Waals surface area contributed by atoms with Crippen LogP contribution in [0.1, 0.15) is 25.8 Å². The van der Waals surface area contributed by atoms with Crippen LogP contribution in [0.4, 0.5) is 5.69 Å². The number of ketones is 1. The Labute approximate surface area is 109 Å². The van der Waals surface area contributed by atoms with Gasteiger partial charge in [-0.2, -0.15) is 0 Å². The van der Waals surface area contributed by atoms with Crippen LogP contribution in [0, 0.1) is 10.1 Å². The molecule has 0 aliphatic rings. The van der Waals surface area contributed by atoms with Gasteiger partial charge in [0.25, 0.3) is 5.69 Å². The summed E-state index contributed by atoms with van der Waals surface area (Å²) in [4.78, 5) is 32.0. The molecule has 0 bridgehead atoms. The molecule has 6 nitrogen and oxygen atoms in total. The topological polar surface area (TPSA) is 86.5 Å². The molecule has 0 aliphatic carbocycles. The highest BCUT2D eigenvalue weighted by molar-refractivity contribution is 5.94. The van der Waals surface area contributed by atoms with Crippen molar-refractivity contribution in [1.29, 1.82) is 0 Å². The number of nitro groups is 1. The van der Waals surface area contributed by atoms with Gasteiger partial charge in [-0.25, -0.2) is 0 Å². The highest BCUT2D eigenvalue weighted by atomic mass is 16.6. The van der Waals surface area contributed by atoms with Crippen molar-refractivity contribution in [2.75, 3.05) is 0 Å². The first kappa shape index (κ1) is 14.6. The van der Waals surface area contributed by atoms with E-state index >= 15 is 0 Å². The van der Waals surface area contributed by atoms with Crippen molar-refractivity contribution < 1.29 is 19.2 Å². The Morgan fingerprint density at radius 3 is 2.63 bits per heavy atom. The zero-order valence-electron chi connectivity index (χ0n) is 10.6. The number of carbonyl (C=O) groups excluding carboxylic acids is 2. The van der Waals surface area contributed by atoms with Gasteiger partial charge in [-0.15, -0.1) is 0 Å². The predicted octanol–water partition coefficient (Wildman–Crippen LogP) is 2.48. The second-order valence-corrected chi connectivity index (χ2v) is 3.96. The number of Topliss-reactive ketones (excluding diaryl/α,β-unsaturated/α-hetero) is 1. The molecule has 0 aliphatic heterocycles. The number of hydrogen-bond acceptors (Lipinski definition) is 5. The molecule has 0 aromatic heterocycles. The fraction of sp³-hybridized carbons (Fsp3) is 0.231. The lowest BCUT2D eigenvalue weighted by molar-refractivity contribution is -0.384. The van der Waals surface area contributed by atoms with E-state index in [4.69, 9.17) is 4.74 Å². The molecule has 100 valence electrons. The Hall–Kier alpha value is -2.50. The molecule has 0 saturated carbocycles. The smallest absolute Gasteiger partial charge is 0.318 e.